The maximum atomic E-state index is 5.76. The van der Waals surface area contributed by atoms with Gasteiger partial charge in [0.1, 0.15) is 0 Å². The summed E-state index contributed by atoms with van der Waals surface area (Å²) in [5.74, 6) is 0. The summed E-state index contributed by atoms with van der Waals surface area (Å²) in [6, 6.07) is 12.3. The number of piperazine rings is 1. The number of methoxy groups -OCH3 is 1. The van der Waals surface area contributed by atoms with Crippen molar-refractivity contribution in [2.75, 3.05) is 48.8 Å². The van der Waals surface area contributed by atoms with Crippen molar-refractivity contribution in [3.05, 3.63) is 48.3 Å². The van der Waals surface area contributed by atoms with Crippen LogP contribution in [0.3, 0.4) is 0 Å². The molecule has 2 heterocycles. The lowest BCUT2D eigenvalue weighted by molar-refractivity contribution is 0.116. The summed E-state index contributed by atoms with van der Waals surface area (Å²) in [6.45, 7) is 5.99. The molecule has 1 unspecified atom stereocenters. The van der Waals surface area contributed by atoms with E-state index in [1.54, 1.807) is 7.11 Å². The van der Waals surface area contributed by atoms with Crippen LogP contribution >= 0.6 is 0 Å². The summed E-state index contributed by atoms with van der Waals surface area (Å²) in [5, 5.41) is 0. The topological polar surface area (TPSA) is 54.6 Å². The summed E-state index contributed by atoms with van der Waals surface area (Å²) in [7, 11) is 1.71. The van der Waals surface area contributed by atoms with Gasteiger partial charge in [0.15, 0.2) is 0 Å². The first-order valence-corrected chi connectivity index (χ1v) is 8.01. The molecule has 1 aromatic heterocycles. The Morgan fingerprint density at radius 3 is 2.04 bits per heavy atom. The van der Waals surface area contributed by atoms with Crippen LogP contribution in [-0.4, -0.2) is 38.3 Å². The van der Waals surface area contributed by atoms with Crippen LogP contribution in [0.4, 0.5) is 17.1 Å². The van der Waals surface area contributed by atoms with Crippen molar-refractivity contribution in [1.82, 2.24) is 4.98 Å². The molecule has 0 amide bonds. The van der Waals surface area contributed by atoms with Crippen LogP contribution in [0, 0.1) is 0 Å². The lowest BCUT2D eigenvalue weighted by Crippen LogP contribution is -2.46. The minimum atomic E-state index is 0.0337. The quantitative estimate of drug-likeness (QED) is 0.880. The van der Waals surface area contributed by atoms with Crippen LogP contribution in [0.2, 0.25) is 0 Å². The van der Waals surface area contributed by atoms with Gasteiger partial charge in [0.05, 0.1) is 23.7 Å². The molecule has 1 saturated heterocycles. The van der Waals surface area contributed by atoms with Gasteiger partial charge in [-0.1, -0.05) is 0 Å². The number of hydrogen-bond donors (Lipinski definition) is 1. The van der Waals surface area contributed by atoms with Gasteiger partial charge in [0, 0.05) is 44.7 Å². The third kappa shape index (κ3) is 3.56. The van der Waals surface area contributed by atoms with E-state index in [1.807, 2.05) is 25.3 Å². The fraction of sp³-hybridized carbons (Fsp3) is 0.389. The first-order chi connectivity index (χ1) is 11.2. The Bertz CT molecular complexity index is 618. The zero-order chi connectivity index (χ0) is 16.2. The van der Waals surface area contributed by atoms with E-state index in [9.17, 15) is 0 Å². The largest absolute Gasteiger partial charge is 0.399 e. The van der Waals surface area contributed by atoms with Gasteiger partial charge in [-0.3, -0.25) is 4.98 Å². The second-order valence-corrected chi connectivity index (χ2v) is 5.88. The number of rotatable bonds is 4. The van der Waals surface area contributed by atoms with E-state index >= 15 is 0 Å². The van der Waals surface area contributed by atoms with Gasteiger partial charge in [-0.25, -0.2) is 0 Å². The van der Waals surface area contributed by atoms with E-state index in [0.717, 1.165) is 37.6 Å². The van der Waals surface area contributed by atoms with Gasteiger partial charge in [-0.15, -0.1) is 0 Å². The number of aromatic nitrogens is 1. The second kappa shape index (κ2) is 6.87. The number of hydrogen-bond acceptors (Lipinski definition) is 5. The molecule has 1 atom stereocenters. The Morgan fingerprint density at radius 2 is 1.52 bits per heavy atom. The minimum absolute atomic E-state index is 0.0337. The Balaban J connectivity index is 1.61. The third-order valence-electron chi connectivity index (χ3n) is 4.44. The van der Waals surface area contributed by atoms with Crippen LogP contribution in [0.15, 0.2) is 42.6 Å². The van der Waals surface area contributed by atoms with Crippen molar-refractivity contribution in [3.8, 4) is 0 Å². The average molecular weight is 312 g/mol. The van der Waals surface area contributed by atoms with Crippen molar-refractivity contribution in [1.29, 1.82) is 0 Å². The Kier molecular flexibility index (Phi) is 4.67. The first-order valence-electron chi connectivity index (χ1n) is 8.01. The smallest absolute Gasteiger partial charge is 0.0962 e. The van der Waals surface area contributed by atoms with Gasteiger partial charge < -0.3 is 20.3 Å². The van der Waals surface area contributed by atoms with Crippen LogP contribution in [0.1, 0.15) is 18.7 Å². The summed E-state index contributed by atoms with van der Waals surface area (Å²) in [6.07, 6.45) is 1.98. The standard InChI is InChI=1S/C18H24N4O/c1-14(23-2)18-8-7-17(13-20-18)22-11-9-21(10-12-22)16-5-3-15(19)4-6-16/h3-8,13-14H,9-12,19H2,1-2H3. The lowest BCUT2D eigenvalue weighted by Gasteiger charge is -2.37. The van der Waals surface area contributed by atoms with Crippen molar-refractivity contribution in [3.63, 3.8) is 0 Å². The highest BCUT2D eigenvalue weighted by Crippen LogP contribution is 2.22. The molecule has 2 N–H and O–H groups in total. The number of benzene rings is 1. The van der Waals surface area contributed by atoms with Crippen molar-refractivity contribution < 1.29 is 4.74 Å². The average Bonchev–Trinajstić information content (AvgIpc) is 2.62. The Labute approximate surface area is 137 Å². The number of nitrogens with zero attached hydrogens (tertiary/aromatic N) is 3. The zero-order valence-corrected chi connectivity index (χ0v) is 13.8. The number of pyridine rings is 1. The van der Waals surface area contributed by atoms with Gasteiger partial charge >= 0.3 is 0 Å². The molecular formula is C18H24N4O. The van der Waals surface area contributed by atoms with E-state index in [4.69, 9.17) is 10.5 Å². The fourth-order valence-corrected chi connectivity index (χ4v) is 2.85. The molecule has 5 heteroatoms. The van der Waals surface area contributed by atoms with Gasteiger partial charge in [0.25, 0.3) is 0 Å². The van der Waals surface area contributed by atoms with Crippen LogP contribution in [0.25, 0.3) is 0 Å². The number of anilines is 3. The molecule has 2 aromatic rings. The zero-order valence-electron chi connectivity index (χ0n) is 13.8. The third-order valence-corrected chi connectivity index (χ3v) is 4.44. The number of ether oxygens (including phenoxy) is 1. The molecule has 23 heavy (non-hydrogen) atoms. The molecule has 0 aliphatic carbocycles. The molecule has 1 aliphatic heterocycles. The highest BCUT2D eigenvalue weighted by atomic mass is 16.5. The molecule has 0 radical (unpaired) electrons. The van der Waals surface area contributed by atoms with Crippen LogP contribution < -0.4 is 15.5 Å². The summed E-state index contributed by atoms with van der Waals surface area (Å²) in [4.78, 5) is 9.29. The van der Waals surface area contributed by atoms with Crippen molar-refractivity contribution in [2.45, 2.75) is 13.0 Å². The van der Waals surface area contributed by atoms with Gasteiger partial charge in [-0.05, 0) is 43.3 Å². The van der Waals surface area contributed by atoms with E-state index < -0.39 is 0 Å². The van der Waals surface area contributed by atoms with E-state index in [2.05, 4.69) is 39.0 Å². The Morgan fingerprint density at radius 1 is 0.957 bits per heavy atom. The van der Waals surface area contributed by atoms with E-state index in [1.165, 1.54) is 11.4 Å². The molecule has 3 rings (SSSR count). The van der Waals surface area contributed by atoms with E-state index in [0.29, 0.717) is 0 Å². The summed E-state index contributed by atoms with van der Waals surface area (Å²) >= 11 is 0. The predicted octanol–water partition coefficient (Wildman–Crippen LogP) is 2.70. The molecule has 1 fully saturated rings. The summed E-state index contributed by atoms with van der Waals surface area (Å²) < 4.78 is 5.30. The molecule has 1 aliphatic rings. The Hall–Kier alpha value is -2.27. The van der Waals surface area contributed by atoms with Crippen LogP contribution in [-0.2, 0) is 4.74 Å². The molecular weight excluding hydrogens is 288 g/mol. The maximum Gasteiger partial charge on any atom is 0.0962 e. The van der Waals surface area contributed by atoms with Crippen LogP contribution in [0.5, 0.6) is 0 Å². The monoisotopic (exact) mass is 312 g/mol. The normalized spacial score (nSPS) is 16.4. The fourth-order valence-electron chi connectivity index (χ4n) is 2.85. The van der Waals surface area contributed by atoms with E-state index in [-0.39, 0.29) is 6.10 Å². The SMILES string of the molecule is COC(C)c1ccc(N2CCN(c3ccc(N)cc3)CC2)cn1. The highest BCUT2D eigenvalue weighted by molar-refractivity contribution is 5.55. The first kappa shape index (κ1) is 15.6. The predicted molar refractivity (Wildman–Crippen MR) is 94.9 cm³/mol. The lowest BCUT2D eigenvalue weighted by atomic mass is 10.2. The van der Waals surface area contributed by atoms with Gasteiger partial charge in [0.2, 0.25) is 0 Å². The minimum Gasteiger partial charge on any atom is -0.399 e. The maximum absolute atomic E-state index is 5.76. The molecule has 5 nitrogen and oxygen atoms in total. The molecule has 0 saturated carbocycles. The molecule has 0 spiro atoms. The number of nitrogens with two attached hydrogens (primary N) is 1. The highest BCUT2D eigenvalue weighted by Gasteiger charge is 2.18. The van der Waals surface area contributed by atoms with Crippen molar-refractivity contribution >= 4 is 17.1 Å². The second-order valence-electron chi connectivity index (χ2n) is 5.88. The molecule has 1 aromatic carbocycles. The number of nitrogen functional groups attached to an aromatic ring is 1. The van der Waals surface area contributed by atoms with Crippen molar-refractivity contribution in [2.24, 2.45) is 0 Å². The molecule has 0 bridgehead atoms. The van der Waals surface area contributed by atoms with Gasteiger partial charge in [-0.2, -0.15) is 0 Å². The summed E-state index contributed by atoms with van der Waals surface area (Å²) in [5.41, 5.74) is 9.95. The molecule has 122 valence electrons.